The van der Waals surface area contributed by atoms with E-state index in [1.165, 1.54) is 30.5 Å². The Morgan fingerprint density at radius 2 is 2.05 bits per heavy atom. The lowest BCUT2D eigenvalue weighted by Gasteiger charge is -2.41. The van der Waals surface area contributed by atoms with Crippen molar-refractivity contribution in [2.45, 2.75) is 46.0 Å². The Bertz CT molecular complexity index is 480. The van der Waals surface area contributed by atoms with Crippen LogP contribution in [0.4, 0.5) is 5.69 Å². The second-order valence-electron chi connectivity index (χ2n) is 7.36. The van der Waals surface area contributed by atoms with E-state index >= 15 is 0 Å². The maximum atomic E-state index is 6.30. The number of benzene rings is 1. The van der Waals surface area contributed by atoms with Crippen LogP contribution >= 0.6 is 11.6 Å². The van der Waals surface area contributed by atoms with Crippen molar-refractivity contribution < 1.29 is 0 Å². The van der Waals surface area contributed by atoms with E-state index in [9.17, 15) is 0 Å². The molecule has 2 aliphatic rings. The summed E-state index contributed by atoms with van der Waals surface area (Å²) >= 11 is 6.30. The van der Waals surface area contributed by atoms with Gasteiger partial charge in [0.25, 0.3) is 0 Å². The maximum absolute atomic E-state index is 6.30. The Labute approximate surface area is 121 Å². The van der Waals surface area contributed by atoms with Crippen molar-refractivity contribution in [2.75, 3.05) is 11.9 Å². The molecule has 3 unspecified atom stereocenters. The van der Waals surface area contributed by atoms with Gasteiger partial charge in [0.1, 0.15) is 0 Å². The quantitative estimate of drug-likeness (QED) is 0.733. The van der Waals surface area contributed by atoms with Crippen molar-refractivity contribution >= 4 is 17.3 Å². The van der Waals surface area contributed by atoms with Gasteiger partial charge in [0.2, 0.25) is 0 Å². The number of nitrogens with one attached hydrogen (secondary N) is 1. The molecule has 3 rings (SSSR count). The van der Waals surface area contributed by atoms with Gasteiger partial charge in [-0.05, 0) is 48.1 Å². The zero-order chi connectivity index (χ0) is 13.6. The van der Waals surface area contributed by atoms with E-state index in [1.54, 1.807) is 0 Å². The normalized spacial score (nSPS) is 32.7. The largest absolute Gasteiger partial charge is 0.383 e. The molecule has 1 aliphatic heterocycles. The summed E-state index contributed by atoms with van der Waals surface area (Å²) in [5, 5.41) is 4.40. The van der Waals surface area contributed by atoms with E-state index in [0.717, 1.165) is 23.4 Å². The summed E-state index contributed by atoms with van der Waals surface area (Å²) in [7, 11) is 0. The molecule has 1 fully saturated rings. The van der Waals surface area contributed by atoms with Gasteiger partial charge >= 0.3 is 0 Å². The number of hydrogen-bond acceptors (Lipinski definition) is 1. The predicted molar refractivity (Wildman–Crippen MR) is 83.0 cm³/mol. The Kier molecular flexibility index (Phi) is 3.29. The van der Waals surface area contributed by atoms with E-state index in [-0.39, 0.29) is 0 Å². The zero-order valence-corrected chi connectivity index (χ0v) is 12.9. The van der Waals surface area contributed by atoms with Gasteiger partial charge in [-0.25, -0.2) is 0 Å². The lowest BCUT2D eigenvalue weighted by Crippen LogP contribution is -2.31. The molecule has 1 N–H and O–H groups in total. The molecule has 1 aliphatic carbocycles. The minimum absolute atomic E-state index is 0.490. The molecule has 0 aromatic heterocycles. The van der Waals surface area contributed by atoms with Crippen molar-refractivity contribution in [3.8, 4) is 0 Å². The Morgan fingerprint density at radius 1 is 1.26 bits per heavy atom. The average molecular weight is 278 g/mol. The van der Waals surface area contributed by atoms with Crippen LogP contribution in [0.15, 0.2) is 18.2 Å². The van der Waals surface area contributed by atoms with Gasteiger partial charge < -0.3 is 5.32 Å². The summed E-state index contributed by atoms with van der Waals surface area (Å²) in [6.07, 6.45) is 4.07. The molecular formula is C17H24ClN. The topological polar surface area (TPSA) is 12.0 Å². The fourth-order valence-corrected chi connectivity index (χ4v) is 4.75. The first-order valence-electron chi connectivity index (χ1n) is 7.48. The molecule has 1 saturated carbocycles. The maximum Gasteiger partial charge on any atom is 0.0640 e. The molecule has 0 spiro atoms. The summed E-state index contributed by atoms with van der Waals surface area (Å²) in [5.41, 5.74) is 3.12. The fraction of sp³-hybridized carbons (Fsp3) is 0.647. The van der Waals surface area contributed by atoms with Gasteiger partial charge in [0.15, 0.2) is 0 Å². The zero-order valence-electron chi connectivity index (χ0n) is 12.2. The van der Waals surface area contributed by atoms with Crippen LogP contribution in [-0.4, -0.2) is 6.54 Å². The van der Waals surface area contributed by atoms with Gasteiger partial charge in [-0.3, -0.25) is 0 Å². The van der Waals surface area contributed by atoms with Crippen molar-refractivity contribution in [1.82, 2.24) is 0 Å². The third-order valence-electron chi connectivity index (χ3n) is 4.93. The molecule has 104 valence electrons. The molecule has 0 bridgehead atoms. The van der Waals surface area contributed by atoms with Gasteiger partial charge in [-0.2, -0.15) is 0 Å². The standard InChI is InChI=1S/C17H24ClN/c1-11-7-12(9-17(2,3)8-11)14-10-19-16-13(14)5-4-6-15(16)18/h4-6,11-12,14,19H,7-10H2,1-3H3. The predicted octanol–water partition coefficient (Wildman–Crippen LogP) is 5.31. The van der Waals surface area contributed by atoms with E-state index < -0.39 is 0 Å². The van der Waals surface area contributed by atoms with E-state index in [0.29, 0.717) is 11.3 Å². The van der Waals surface area contributed by atoms with E-state index in [4.69, 9.17) is 11.6 Å². The van der Waals surface area contributed by atoms with E-state index in [1.807, 2.05) is 6.07 Å². The van der Waals surface area contributed by atoms with Crippen LogP contribution in [-0.2, 0) is 0 Å². The molecular weight excluding hydrogens is 254 g/mol. The highest BCUT2D eigenvalue weighted by Crippen LogP contribution is 2.50. The average Bonchev–Trinajstić information content (AvgIpc) is 2.71. The SMILES string of the molecule is CC1CC(C2CNc3c(Cl)cccc32)CC(C)(C)C1. The smallest absolute Gasteiger partial charge is 0.0640 e. The van der Waals surface area contributed by atoms with Crippen LogP contribution in [0.1, 0.15) is 51.5 Å². The molecule has 0 amide bonds. The second kappa shape index (κ2) is 4.70. The highest BCUT2D eigenvalue weighted by atomic mass is 35.5. The van der Waals surface area contributed by atoms with Crippen molar-refractivity contribution in [3.63, 3.8) is 0 Å². The summed E-state index contributed by atoms with van der Waals surface area (Å²) in [6, 6.07) is 6.35. The summed E-state index contributed by atoms with van der Waals surface area (Å²) in [5.74, 6) is 2.29. The second-order valence-corrected chi connectivity index (χ2v) is 7.77. The first kappa shape index (κ1) is 13.3. The van der Waals surface area contributed by atoms with Crippen LogP contribution in [0.2, 0.25) is 5.02 Å². The van der Waals surface area contributed by atoms with Crippen LogP contribution < -0.4 is 5.32 Å². The van der Waals surface area contributed by atoms with Crippen LogP contribution in [0.3, 0.4) is 0 Å². The Balaban J connectivity index is 1.87. The Hall–Kier alpha value is -0.690. The minimum atomic E-state index is 0.490. The van der Waals surface area contributed by atoms with Gasteiger partial charge in [0.05, 0.1) is 10.7 Å². The molecule has 0 saturated heterocycles. The number of hydrogen-bond donors (Lipinski definition) is 1. The molecule has 3 atom stereocenters. The van der Waals surface area contributed by atoms with Gasteiger partial charge in [0, 0.05) is 12.5 Å². The molecule has 19 heavy (non-hydrogen) atoms. The number of fused-ring (bicyclic) bond motifs is 1. The number of halogens is 1. The Morgan fingerprint density at radius 3 is 2.79 bits per heavy atom. The third kappa shape index (κ3) is 2.50. The molecule has 1 aromatic rings. The summed E-state index contributed by atoms with van der Waals surface area (Å²) < 4.78 is 0. The number of rotatable bonds is 1. The molecule has 0 radical (unpaired) electrons. The van der Waals surface area contributed by atoms with Crippen molar-refractivity contribution in [1.29, 1.82) is 0 Å². The highest BCUT2D eigenvalue weighted by Gasteiger charge is 2.38. The lowest BCUT2D eigenvalue weighted by atomic mass is 9.64. The minimum Gasteiger partial charge on any atom is -0.383 e. The van der Waals surface area contributed by atoms with Crippen molar-refractivity contribution in [2.24, 2.45) is 17.3 Å². The van der Waals surface area contributed by atoms with Gasteiger partial charge in [-0.1, -0.05) is 44.5 Å². The highest BCUT2D eigenvalue weighted by molar-refractivity contribution is 6.33. The third-order valence-corrected chi connectivity index (χ3v) is 5.25. The molecule has 2 heteroatoms. The van der Waals surface area contributed by atoms with Gasteiger partial charge in [-0.15, -0.1) is 0 Å². The van der Waals surface area contributed by atoms with Crippen LogP contribution in [0.25, 0.3) is 0 Å². The monoisotopic (exact) mass is 277 g/mol. The van der Waals surface area contributed by atoms with Crippen LogP contribution in [0.5, 0.6) is 0 Å². The first-order chi connectivity index (χ1) is 8.96. The summed E-state index contributed by atoms with van der Waals surface area (Å²) in [6.45, 7) is 8.33. The molecule has 1 heterocycles. The van der Waals surface area contributed by atoms with Crippen molar-refractivity contribution in [3.05, 3.63) is 28.8 Å². The molecule has 1 aromatic carbocycles. The number of para-hydroxylation sites is 1. The first-order valence-corrected chi connectivity index (χ1v) is 7.86. The molecule has 1 nitrogen and oxygen atoms in total. The van der Waals surface area contributed by atoms with E-state index in [2.05, 4.69) is 38.2 Å². The van der Waals surface area contributed by atoms with Crippen LogP contribution in [0, 0.1) is 17.3 Å². The summed E-state index contributed by atoms with van der Waals surface area (Å²) in [4.78, 5) is 0. The lowest BCUT2D eigenvalue weighted by molar-refractivity contribution is 0.119. The number of anilines is 1. The fourth-order valence-electron chi connectivity index (χ4n) is 4.51.